The Morgan fingerprint density at radius 2 is 1.87 bits per heavy atom. The van der Waals surface area contributed by atoms with Crippen molar-refractivity contribution in [2.45, 2.75) is 6.42 Å². The molecule has 152 valence electrons. The maximum absolute atomic E-state index is 14.0. The minimum absolute atomic E-state index is 0.230. The molecule has 4 rings (SSSR count). The van der Waals surface area contributed by atoms with Crippen LogP contribution in [0.1, 0.15) is 5.69 Å². The van der Waals surface area contributed by atoms with E-state index in [0.717, 1.165) is 5.69 Å². The van der Waals surface area contributed by atoms with Crippen LogP contribution in [0.25, 0.3) is 16.3 Å². The van der Waals surface area contributed by atoms with E-state index in [1.165, 1.54) is 17.4 Å². The summed E-state index contributed by atoms with van der Waals surface area (Å²) in [6, 6.07) is 12.7. The monoisotopic (exact) mass is 443 g/mol. The van der Waals surface area contributed by atoms with E-state index in [1.54, 1.807) is 47.0 Å². The summed E-state index contributed by atoms with van der Waals surface area (Å²) in [6.45, 7) is 0.230. The van der Waals surface area contributed by atoms with E-state index in [0.29, 0.717) is 33.5 Å². The summed E-state index contributed by atoms with van der Waals surface area (Å²) >= 11 is 7.16. The van der Waals surface area contributed by atoms with Gasteiger partial charge in [0.1, 0.15) is 5.82 Å². The third kappa shape index (κ3) is 4.32. The Bertz CT molecular complexity index is 1220. The molecule has 2 aromatic carbocycles. The van der Waals surface area contributed by atoms with Crippen LogP contribution >= 0.6 is 22.9 Å². The van der Waals surface area contributed by atoms with Gasteiger partial charge in [-0.3, -0.25) is 9.59 Å². The summed E-state index contributed by atoms with van der Waals surface area (Å²) in [5.41, 5.74) is 1.59. The molecule has 0 radical (unpaired) electrons. The average Bonchev–Trinajstić information content (AvgIpc) is 3.31. The van der Waals surface area contributed by atoms with Crippen LogP contribution < -0.4 is 10.6 Å². The summed E-state index contributed by atoms with van der Waals surface area (Å²) in [5, 5.41) is 11.8. The maximum Gasteiger partial charge on any atom is 0.313 e. The highest BCUT2D eigenvalue weighted by atomic mass is 35.5. The molecule has 0 aliphatic heterocycles. The largest absolute Gasteiger partial charge is 0.347 e. The lowest BCUT2D eigenvalue weighted by Gasteiger charge is -2.06. The molecule has 0 saturated heterocycles. The summed E-state index contributed by atoms with van der Waals surface area (Å²) in [5.74, 6) is -1.61. The Hall–Kier alpha value is -3.30. The number of nitrogens with one attached hydrogen (secondary N) is 2. The Morgan fingerprint density at radius 3 is 2.63 bits per heavy atom. The molecule has 2 N–H and O–H groups in total. The predicted molar refractivity (Wildman–Crippen MR) is 113 cm³/mol. The van der Waals surface area contributed by atoms with Crippen molar-refractivity contribution in [3.63, 3.8) is 0 Å². The molecule has 2 amide bonds. The predicted octanol–water partition coefficient (Wildman–Crippen LogP) is 3.55. The van der Waals surface area contributed by atoms with Gasteiger partial charge in [0.2, 0.25) is 4.96 Å². The fourth-order valence-electron chi connectivity index (χ4n) is 2.76. The van der Waals surface area contributed by atoms with Crippen molar-refractivity contribution in [2.24, 2.45) is 0 Å². The Balaban J connectivity index is 1.37. The molecule has 0 spiro atoms. The molecular weight excluding hydrogens is 429 g/mol. The highest BCUT2D eigenvalue weighted by Gasteiger charge is 2.16. The number of carbonyl (C=O) groups is 2. The Morgan fingerprint density at radius 1 is 1.10 bits per heavy atom. The van der Waals surface area contributed by atoms with Crippen LogP contribution in [0.15, 0.2) is 53.9 Å². The zero-order chi connectivity index (χ0) is 21.1. The second kappa shape index (κ2) is 8.60. The molecule has 10 heteroatoms. The van der Waals surface area contributed by atoms with Crippen LogP contribution in [0, 0.1) is 5.82 Å². The lowest BCUT2D eigenvalue weighted by Crippen LogP contribution is -2.36. The van der Waals surface area contributed by atoms with Crippen LogP contribution in [0.4, 0.5) is 10.1 Å². The molecule has 0 aliphatic carbocycles. The first-order chi connectivity index (χ1) is 14.5. The smallest absolute Gasteiger partial charge is 0.313 e. The highest BCUT2D eigenvalue weighted by molar-refractivity contribution is 7.15. The lowest BCUT2D eigenvalue weighted by atomic mass is 10.2. The molecule has 0 atom stereocenters. The molecule has 7 nitrogen and oxygen atoms in total. The number of hydrogen-bond donors (Lipinski definition) is 2. The fraction of sp³-hybridized carbons (Fsp3) is 0.100. The fourth-order valence-corrected chi connectivity index (χ4v) is 3.74. The van der Waals surface area contributed by atoms with Crippen molar-refractivity contribution in [3.8, 4) is 11.4 Å². The lowest BCUT2D eigenvalue weighted by molar-refractivity contribution is -0.136. The van der Waals surface area contributed by atoms with E-state index in [2.05, 4.69) is 20.7 Å². The number of anilines is 1. The standard InChI is InChI=1S/C20H15ClFN5O2S/c21-12-5-7-13(8-6-12)24-19(29)18(28)23-10-9-14-11-30-20-25-17(26-27(14)20)15-3-1-2-4-16(15)22/h1-8,11H,9-10H2,(H,23,28)(H,24,29). The van der Waals surface area contributed by atoms with Gasteiger partial charge in [0.15, 0.2) is 5.82 Å². The molecule has 2 heterocycles. The minimum atomic E-state index is -0.768. The zero-order valence-corrected chi connectivity index (χ0v) is 17.0. The first-order valence-electron chi connectivity index (χ1n) is 8.94. The molecule has 0 aliphatic rings. The summed E-state index contributed by atoms with van der Waals surface area (Å²) < 4.78 is 15.6. The van der Waals surface area contributed by atoms with E-state index in [1.807, 2.05) is 5.38 Å². The first-order valence-corrected chi connectivity index (χ1v) is 10.2. The van der Waals surface area contributed by atoms with Gasteiger partial charge < -0.3 is 10.6 Å². The van der Waals surface area contributed by atoms with Crippen molar-refractivity contribution in [1.29, 1.82) is 0 Å². The van der Waals surface area contributed by atoms with Crippen molar-refractivity contribution in [2.75, 3.05) is 11.9 Å². The van der Waals surface area contributed by atoms with E-state index in [9.17, 15) is 14.0 Å². The number of hydrogen-bond acceptors (Lipinski definition) is 5. The van der Waals surface area contributed by atoms with Crippen LogP contribution in [0.2, 0.25) is 5.02 Å². The zero-order valence-electron chi connectivity index (χ0n) is 15.4. The number of halogens is 2. The number of nitrogens with zero attached hydrogens (tertiary/aromatic N) is 3. The molecular formula is C20H15ClFN5O2S. The number of thiazole rings is 1. The first kappa shape index (κ1) is 20.0. The normalized spacial score (nSPS) is 10.9. The SMILES string of the molecule is O=C(NCCc1csc2nc(-c3ccccc3F)nn12)C(=O)Nc1ccc(Cl)cc1. The molecule has 0 unspecified atom stereocenters. The quantitative estimate of drug-likeness (QED) is 0.462. The highest BCUT2D eigenvalue weighted by Crippen LogP contribution is 2.23. The molecule has 30 heavy (non-hydrogen) atoms. The molecule has 0 fully saturated rings. The van der Waals surface area contributed by atoms with E-state index in [-0.39, 0.29) is 6.54 Å². The molecule has 0 saturated carbocycles. The van der Waals surface area contributed by atoms with E-state index >= 15 is 0 Å². The van der Waals surface area contributed by atoms with Crippen molar-refractivity contribution < 1.29 is 14.0 Å². The molecule has 0 bridgehead atoms. The second-order valence-electron chi connectivity index (χ2n) is 6.30. The summed E-state index contributed by atoms with van der Waals surface area (Å²) in [4.78, 5) is 29.0. The number of rotatable bonds is 5. The van der Waals surface area contributed by atoms with Gasteiger partial charge in [0.05, 0.1) is 11.3 Å². The van der Waals surface area contributed by atoms with E-state index < -0.39 is 17.6 Å². The maximum atomic E-state index is 14.0. The number of fused-ring (bicyclic) bond motifs is 1. The number of amides is 2. The van der Waals surface area contributed by atoms with E-state index in [4.69, 9.17) is 11.6 Å². The topological polar surface area (TPSA) is 88.4 Å². The number of aromatic nitrogens is 3. The van der Waals surface area contributed by atoms with Crippen LogP contribution in [0.3, 0.4) is 0 Å². The van der Waals surface area contributed by atoms with Crippen LogP contribution in [0.5, 0.6) is 0 Å². The van der Waals surface area contributed by atoms with Gasteiger partial charge in [-0.05, 0) is 36.4 Å². The minimum Gasteiger partial charge on any atom is -0.347 e. The van der Waals surface area contributed by atoms with Crippen LogP contribution in [-0.4, -0.2) is 33.0 Å². The van der Waals surface area contributed by atoms with Gasteiger partial charge in [-0.1, -0.05) is 23.7 Å². The van der Waals surface area contributed by atoms with Crippen molar-refractivity contribution in [3.05, 3.63) is 70.4 Å². The van der Waals surface area contributed by atoms with Gasteiger partial charge >= 0.3 is 11.8 Å². The number of benzene rings is 2. The van der Waals surface area contributed by atoms with Crippen molar-refractivity contribution >= 4 is 45.4 Å². The summed E-state index contributed by atoms with van der Waals surface area (Å²) in [6.07, 6.45) is 0.431. The Kier molecular flexibility index (Phi) is 5.73. The average molecular weight is 444 g/mol. The second-order valence-corrected chi connectivity index (χ2v) is 7.58. The number of carbonyl (C=O) groups excluding carboxylic acids is 2. The van der Waals surface area contributed by atoms with Gasteiger partial charge in [-0.25, -0.2) is 8.91 Å². The van der Waals surface area contributed by atoms with Gasteiger partial charge in [0, 0.05) is 29.1 Å². The van der Waals surface area contributed by atoms with Crippen LogP contribution in [-0.2, 0) is 16.0 Å². The Labute approximate surface area is 179 Å². The molecule has 2 aromatic heterocycles. The van der Waals surface area contributed by atoms with Crippen molar-refractivity contribution in [1.82, 2.24) is 19.9 Å². The summed E-state index contributed by atoms with van der Waals surface area (Å²) in [7, 11) is 0. The third-order valence-electron chi connectivity index (χ3n) is 4.24. The third-order valence-corrected chi connectivity index (χ3v) is 5.36. The van der Waals surface area contributed by atoms with Gasteiger partial charge in [-0.2, -0.15) is 4.98 Å². The molecule has 4 aromatic rings. The van der Waals surface area contributed by atoms with Gasteiger partial charge in [-0.15, -0.1) is 16.4 Å². The van der Waals surface area contributed by atoms with Gasteiger partial charge in [0.25, 0.3) is 0 Å².